The minimum Gasteiger partial charge on any atom is -0.345 e. The molecule has 2 unspecified atom stereocenters. The summed E-state index contributed by atoms with van der Waals surface area (Å²) in [5.41, 5.74) is 8.41. The Balaban J connectivity index is 0.00000364. The number of nitrogens with one attached hydrogen (secondary N) is 1. The molecule has 3 N–H and O–H groups in total. The van der Waals surface area contributed by atoms with E-state index in [2.05, 4.69) is 12.2 Å². The molecule has 0 heterocycles. The van der Waals surface area contributed by atoms with E-state index in [0.29, 0.717) is 0 Å². The lowest BCUT2D eigenvalue weighted by Gasteiger charge is -2.22. The number of carbonyl (C=O) groups is 1. The van der Waals surface area contributed by atoms with Crippen LogP contribution in [0.2, 0.25) is 0 Å². The van der Waals surface area contributed by atoms with Gasteiger partial charge in [0.05, 0.1) is 10.9 Å². The van der Waals surface area contributed by atoms with E-state index in [9.17, 15) is 13.2 Å². The Kier molecular flexibility index (Phi) is 8.47. The lowest BCUT2D eigenvalue weighted by atomic mass is 9.96. The number of carbonyl (C=O) groups excluding carboxylic acids is 1. The van der Waals surface area contributed by atoms with Crippen molar-refractivity contribution >= 4 is 28.2 Å². The van der Waals surface area contributed by atoms with Crippen LogP contribution in [0.15, 0.2) is 53.4 Å². The third kappa shape index (κ3) is 6.06. The zero-order valence-electron chi connectivity index (χ0n) is 15.8. The van der Waals surface area contributed by atoms with E-state index in [1.165, 1.54) is 11.8 Å². The maximum absolute atomic E-state index is 12.4. The molecule has 0 spiro atoms. The molecule has 2 atom stereocenters. The first-order valence-electron chi connectivity index (χ1n) is 8.65. The molecule has 7 heteroatoms. The van der Waals surface area contributed by atoms with E-state index in [-0.39, 0.29) is 35.7 Å². The number of rotatable bonds is 7. The van der Waals surface area contributed by atoms with E-state index in [1.54, 1.807) is 25.1 Å². The third-order valence-electron chi connectivity index (χ3n) is 4.43. The Hall–Kier alpha value is -1.89. The summed E-state index contributed by atoms with van der Waals surface area (Å²) in [6.45, 7) is 4.09. The van der Waals surface area contributed by atoms with E-state index in [0.717, 1.165) is 17.5 Å². The molecule has 148 valence electrons. The fourth-order valence-electron chi connectivity index (χ4n) is 2.62. The van der Waals surface area contributed by atoms with Gasteiger partial charge < -0.3 is 11.1 Å². The van der Waals surface area contributed by atoms with Crippen molar-refractivity contribution in [1.82, 2.24) is 5.32 Å². The summed E-state index contributed by atoms with van der Waals surface area (Å²) in [6.07, 6.45) is 2.09. The molecule has 0 aliphatic carbocycles. The van der Waals surface area contributed by atoms with E-state index in [1.807, 2.05) is 30.3 Å². The van der Waals surface area contributed by atoms with Crippen molar-refractivity contribution in [3.8, 4) is 0 Å². The summed E-state index contributed by atoms with van der Waals surface area (Å²) in [4.78, 5) is 12.7. The molecule has 0 bridgehead atoms. The van der Waals surface area contributed by atoms with Crippen LogP contribution in [-0.4, -0.2) is 27.1 Å². The number of amides is 1. The Morgan fingerprint density at radius 3 is 2.26 bits per heavy atom. The van der Waals surface area contributed by atoms with Crippen LogP contribution in [0.25, 0.3) is 0 Å². The molecule has 2 aromatic carbocycles. The minimum atomic E-state index is -3.33. The number of aryl methyl sites for hydroxylation is 1. The summed E-state index contributed by atoms with van der Waals surface area (Å²) in [7, 11) is -3.33. The first kappa shape index (κ1) is 23.1. The predicted octanol–water partition coefficient (Wildman–Crippen LogP) is 2.87. The largest absolute Gasteiger partial charge is 0.345 e. The van der Waals surface area contributed by atoms with Crippen molar-refractivity contribution in [1.29, 1.82) is 0 Å². The molecule has 27 heavy (non-hydrogen) atoms. The average molecular weight is 411 g/mol. The summed E-state index contributed by atoms with van der Waals surface area (Å²) in [5, 5.41) is 3.00. The van der Waals surface area contributed by atoms with Crippen molar-refractivity contribution in [2.24, 2.45) is 11.7 Å². The molecular formula is C20H27ClN2O3S. The average Bonchev–Trinajstić information content (AvgIpc) is 2.64. The highest BCUT2D eigenvalue weighted by Crippen LogP contribution is 2.25. The second-order valence-corrected chi connectivity index (χ2v) is 8.53. The molecule has 1 amide bonds. The molecule has 0 saturated heterocycles. The maximum Gasteiger partial charge on any atom is 0.224 e. The lowest BCUT2D eigenvalue weighted by Crippen LogP contribution is -2.36. The molecule has 0 aliphatic heterocycles. The van der Waals surface area contributed by atoms with Crippen LogP contribution in [-0.2, 0) is 21.1 Å². The Bertz CT molecular complexity index is 867. The zero-order chi connectivity index (χ0) is 19.3. The number of nitrogens with two attached hydrogens (primary N) is 1. The van der Waals surface area contributed by atoms with Gasteiger partial charge in [-0.15, -0.1) is 12.4 Å². The van der Waals surface area contributed by atoms with Gasteiger partial charge in [0.15, 0.2) is 9.84 Å². The smallest absolute Gasteiger partial charge is 0.224 e. The van der Waals surface area contributed by atoms with Crippen molar-refractivity contribution in [3.63, 3.8) is 0 Å². The van der Waals surface area contributed by atoms with Crippen LogP contribution >= 0.6 is 12.4 Å². The minimum absolute atomic E-state index is 0. The molecule has 0 aromatic heterocycles. The Morgan fingerprint density at radius 1 is 1.11 bits per heavy atom. The number of hydrogen-bond acceptors (Lipinski definition) is 4. The fourth-order valence-corrected chi connectivity index (χ4v) is 3.30. The second kappa shape index (κ2) is 9.88. The molecule has 0 saturated carbocycles. The summed E-state index contributed by atoms with van der Waals surface area (Å²) < 4.78 is 23.8. The lowest BCUT2D eigenvalue weighted by molar-refractivity contribution is -0.124. The van der Waals surface area contributed by atoms with Gasteiger partial charge >= 0.3 is 0 Å². The third-order valence-corrected chi connectivity index (χ3v) is 5.54. The van der Waals surface area contributed by atoms with Gasteiger partial charge in [-0.1, -0.05) is 50.2 Å². The molecule has 5 nitrogen and oxygen atoms in total. The monoisotopic (exact) mass is 410 g/mol. The van der Waals surface area contributed by atoms with Gasteiger partial charge in [-0.2, -0.15) is 0 Å². The molecule has 2 rings (SSSR count). The van der Waals surface area contributed by atoms with Gasteiger partial charge in [-0.3, -0.25) is 4.79 Å². The van der Waals surface area contributed by atoms with Gasteiger partial charge in [0.2, 0.25) is 5.91 Å². The Morgan fingerprint density at radius 2 is 1.74 bits per heavy atom. The zero-order valence-corrected chi connectivity index (χ0v) is 17.4. The van der Waals surface area contributed by atoms with E-state index < -0.39 is 15.9 Å². The van der Waals surface area contributed by atoms with Crippen LogP contribution in [0, 0.1) is 5.92 Å². The second-order valence-electron chi connectivity index (χ2n) is 6.52. The number of hydrogen-bond donors (Lipinski definition) is 2. The van der Waals surface area contributed by atoms with Crippen LogP contribution in [0.3, 0.4) is 0 Å². The summed E-state index contributed by atoms with van der Waals surface area (Å²) in [6, 6.07) is 14.2. The molecular weight excluding hydrogens is 384 g/mol. The fraction of sp³-hybridized carbons (Fsp3) is 0.350. The van der Waals surface area contributed by atoms with Crippen LogP contribution < -0.4 is 11.1 Å². The quantitative estimate of drug-likeness (QED) is 0.734. The van der Waals surface area contributed by atoms with Crippen LogP contribution in [0.1, 0.15) is 36.6 Å². The highest BCUT2D eigenvalue weighted by molar-refractivity contribution is 7.90. The van der Waals surface area contributed by atoms with E-state index >= 15 is 0 Å². The SMILES string of the molecule is CCc1ccc(C(NC(=O)C(C)CN)c2cccc(S(C)(=O)=O)c2)cc1.Cl. The predicted molar refractivity (Wildman–Crippen MR) is 111 cm³/mol. The van der Waals surface area contributed by atoms with Gasteiger partial charge in [0, 0.05) is 18.7 Å². The van der Waals surface area contributed by atoms with Crippen LogP contribution in [0.4, 0.5) is 0 Å². The van der Waals surface area contributed by atoms with Crippen LogP contribution in [0.5, 0.6) is 0 Å². The number of halogens is 1. The maximum atomic E-state index is 12.4. The van der Waals surface area contributed by atoms with Gasteiger partial charge in [0.1, 0.15) is 0 Å². The van der Waals surface area contributed by atoms with Gasteiger partial charge in [-0.05, 0) is 35.2 Å². The standard InChI is InChI=1S/C20H26N2O3S.ClH/c1-4-15-8-10-16(11-9-15)19(22-20(23)14(2)13-21)17-6-5-7-18(12-17)26(3,24)25;/h5-12,14,19H,4,13,21H2,1-3H3,(H,22,23);1H. The molecule has 2 aromatic rings. The molecule has 0 radical (unpaired) electrons. The van der Waals surface area contributed by atoms with Gasteiger partial charge in [-0.25, -0.2) is 8.42 Å². The highest BCUT2D eigenvalue weighted by Gasteiger charge is 2.21. The van der Waals surface area contributed by atoms with Crippen molar-refractivity contribution in [2.45, 2.75) is 31.2 Å². The highest BCUT2D eigenvalue weighted by atomic mass is 35.5. The summed E-state index contributed by atoms with van der Waals surface area (Å²) >= 11 is 0. The number of sulfone groups is 1. The molecule has 0 fully saturated rings. The topological polar surface area (TPSA) is 89.3 Å². The van der Waals surface area contributed by atoms with Gasteiger partial charge in [0.25, 0.3) is 0 Å². The summed E-state index contributed by atoms with van der Waals surface area (Å²) in [5.74, 6) is -0.493. The normalized spacial score (nSPS) is 13.3. The first-order valence-corrected chi connectivity index (χ1v) is 10.5. The first-order chi connectivity index (χ1) is 12.3. The van der Waals surface area contributed by atoms with Crippen molar-refractivity contribution in [3.05, 3.63) is 65.2 Å². The van der Waals surface area contributed by atoms with Crippen molar-refractivity contribution < 1.29 is 13.2 Å². The van der Waals surface area contributed by atoms with E-state index in [4.69, 9.17) is 5.73 Å². The number of benzene rings is 2. The molecule has 0 aliphatic rings. The van der Waals surface area contributed by atoms with Crippen molar-refractivity contribution in [2.75, 3.05) is 12.8 Å². The Labute approximate surface area is 167 Å².